The van der Waals surface area contributed by atoms with Gasteiger partial charge in [0.05, 0.1) is 11.1 Å². The molecule has 0 amide bonds. The summed E-state index contributed by atoms with van der Waals surface area (Å²) in [5.41, 5.74) is 3.15. The zero-order chi connectivity index (χ0) is 13.3. The third-order valence-electron chi connectivity index (χ3n) is 2.77. The van der Waals surface area contributed by atoms with Gasteiger partial charge in [-0.05, 0) is 31.5 Å². The number of fused-ring (bicyclic) bond motifs is 1. The quantitative estimate of drug-likeness (QED) is 0.812. The number of hydrogen-bond donors (Lipinski definition) is 2. The van der Waals surface area contributed by atoms with E-state index in [0.29, 0.717) is 11.3 Å². The Morgan fingerprint density at radius 1 is 1.50 bits per heavy atom. The highest BCUT2D eigenvalue weighted by atomic mass is 16.4. The van der Waals surface area contributed by atoms with Crippen molar-refractivity contribution >= 4 is 22.6 Å². The van der Waals surface area contributed by atoms with E-state index in [2.05, 4.69) is 16.5 Å². The number of aromatic carboxylic acids is 1. The fourth-order valence-corrected chi connectivity index (χ4v) is 1.91. The number of carboxylic acid groups (broad SMARTS) is 1. The highest BCUT2D eigenvalue weighted by Crippen LogP contribution is 2.22. The molecule has 1 heterocycles. The summed E-state index contributed by atoms with van der Waals surface area (Å²) in [4.78, 5) is 18.7. The second-order valence-electron chi connectivity index (χ2n) is 4.05. The van der Waals surface area contributed by atoms with Crippen molar-refractivity contribution in [1.29, 1.82) is 0 Å². The Bertz CT molecular complexity index is 666. The highest BCUT2D eigenvalue weighted by Gasteiger charge is 2.14. The first-order valence-electron chi connectivity index (χ1n) is 5.59. The number of benzene rings is 1. The van der Waals surface area contributed by atoms with Crippen LogP contribution in [0.25, 0.3) is 16.6 Å². The van der Waals surface area contributed by atoms with Crippen molar-refractivity contribution in [2.24, 2.45) is 0 Å². The topological polar surface area (TPSA) is 66.0 Å². The van der Waals surface area contributed by atoms with Crippen LogP contribution in [0.4, 0.5) is 0 Å². The molecule has 2 aromatic rings. The molecule has 0 aliphatic carbocycles. The number of H-pyrrole nitrogens is 1. The van der Waals surface area contributed by atoms with Gasteiger partial charge in [0, 0.05) is 5.57 Å². The van der Waals surface area contributed by atoms with Gasteiger partial charge in [-0.25, -0.2) is 9.78 Å². The second kappa shape index (κ2) is 4.49. The van der Waals surface area contributed by atoms with Crippen molar-refractivity contribution in [2.75, 3.05) is 0 Å². The number of hydrogen-bond acceptors (Lipinski definition) is 2. The highest BCUT2D eigenvalue weighted by molar-refractivity contribution is 6.01. The summed E-state index contributed by atoms with van der Waals surface area (Å²) < 4.78 is 0. The Balaban J connectivity index is 2.75. The lowest BCUT2D eigenvalue weighted by Crippen LogP contribution is -1.98. The smallest absolute Gasteiger partial charge is 0.337 e. The van der Waals surface area contributed by atoms with Crippen LogP contribution in [0, 0.1) is 6.92 Å². The first-order chi connectivity index (χ1) is 8.56. The third kappa shape index (κ3) is 1.93. The first kappa shape index (κ1) is 12.1. The number of rotatable bonds is 3. The van der Waals surface area contributed by atoms with Crippen LogP contribution in [0.2, 0.25) is 0 Å². The molecule has 0 aliphatic rings. The van der Waals surface area contributed by atoms with Gasteiger partial charge in [-0.15, -0.1) is 0 Å². The lowest BCUT2D eigenvalue weighted by Gasteiger charge is -1.97. The summed E-state index contributed by atoms with van der Waals surface area (Å²) >= 11 is 0. The molecule has 0 atom stereocenters. The van der Waals surface area contributed by atoms with E-state index in [-0.39, 0.29) is 5.56 Å². The number of imidazole rings is 1. The van der Waals surface area contributed by atoms with Gasteiger partial charge in [0.1, 0.15) is 11.3 Å². The summed E-state index contributed by atoms with van der Waals surface area (Å²) in [6, 6.07) is 3.51. The van der Waals surface area contributed by atoms with Crippen LogP contribution >= 0.6 is 0 Å². The molecule has 2 N–H and O–H groups in total. The average Bonchev–Trinajstić information content (AvgIpc) is 2.72. The summed E-state index contributed by atoms with van der Waals surface area (Å²) in [6.45, 7) is 7.45. The van der Waals surface area contributed by atoms with Crippen molar-refractivity contribution in [1.82, 2.24) is 9.97 Å². The predicted molar refractivity (Wildman–Crippen MR) is 71.6 cm³/mol. The molecule has 0 radical (unpaired) electrons. The minimum absolute atomic E-state index is 0.215. The molecule has 0 spiro atoms. The van der Waals surface area contributed by atoms with Gasteiger partial charge in [-0.2, -0.15) is 0 Å². The molecular formula is C14H14N2O2. The molecule has 0 bridgehead atoms. The molecule has 0 aliphatic heterocycles. The summed E-state index contributed by atoms with van der Waals surface area (Å²) in [5, 5.41) is 9.18. The van der Waals surface area contributed by atoms with Crippen LogP contribution in [0.15, 0.2) is 30.9 Å². The van der Waals surface area contributed by atoms with Crippen molar-refractivity contribution in [2.45, 2.75) is 13.8 Å². The maximum atomic E-state index is 11.2. The van der Waals surface area contributed by atoms with Gasteiger partial charge >= 0.3 is 5.97 Å². The number of aryl methyl sites for hydroxylation is 1. The minimum atomic E-state index is -0.970. The summed E-state index contributed by atoms with van der Waals surface area (Å²) in [7, 11) is 0. The SMILES string of the molecule is C=CC(=CC)c1nc2c(C(=O)O)cc(C)cc2[nH]1. The normalized spacial score (nSPS) is 11.8. The average molecular weight is 242 g/mol. The molecule has 0 saturated heterocycles. The fraction of sp³-hybridized carbons (Fsp3) is 0.143. The zero-order valence-corrected chi connectivity index (χ0v) is 10.3. The van der Waals surface area contributed by atoms with Gasteiger partial charge < -0.3 is 10.1 Å². The maximum Gasteiger partial charge on any atom is 0.337 e. The van der Waals surface area contributed by atoms with E-state index in [1.165, 1.54) is 0 Å². The van der Waals surface area contributed by atoms with Gasteiger partial charge in [0.15, 0.2) is 0 Å². The molecule has 18 heavy (non-hydrogen) atoms. The Hall–Kier alpha value is -2.36. The van der Waals surface area contributed by atoms with Crippen LogP contribution < -0.4 is 0 Å². The van der Waals surface area contributed by atoms with Gasteiger partial charge in [0.25, 0.3) is 0 Å². The minimum Gasteiger partial charge on any atom is -0.478 e. The number of aromatic amines is 1. The van der Waals surface area contributed by atoms with Gasteiger partial charge in [-0.3, -0.25) is 0 Å². The number of allylic oxidation sites excluding steroid dienone is 3. The Labute approximate surface area is 105 Å². The van der Waals surface area contributed by atoms with Gasteiger partial charge in [-0.1, -0.05) is 18.7 Å². The predicted octanol–water partition coefficient (Wildman–Crippen LogP) is 3.16. The van der Waals surface area contributed by atoms with E-state index in [0.717, 1.165) is 16.7 Å². The molecule has 0 saturated carbocycles. The monoisotopic (exact) mass is 242 g/mol. The second-order valence-corrected chi connectivity index (χ2v) is 4.05. The summed E-state index contributed by atoms with van der Waals surface area (Å²) in [6.07, 6.45) is 3.56. The number of nitrogens with one attached hydrogen (secondary N) is 1. The van der Waals surface area contributed by atoms with Crippen molar-refractivity contribution in [3.63, 3.8) is 0 Å². The number of aromatic nitrogens is 2. The third-order valence-corrected chi connectivity index (χ3v) is 2.77. The molecule has 0 unspecified atom stereocenters. The number of carboxylic acids is 1. The number of nitrogens with zero attached hydrogens (tertiary/aromatic N) is 1. The molecule has 4 nitrogen and oxygen atoms in total. The van der Waals surface area contributed by atoms with E-state index in [1.54, 1.807) is 12.1 Å². The first-order valence-corrected chi connectivity index (χ1v) is 5.59. The lowest BCUT2D eigenvalue weighted by atomic mass is 10.1. The van der Waals surface area contributed by atoms with Crippen LogP contribution in [0.5, 0.6) is 0 Å². The van der Waals surface area contributed by atoms with E-state index in [4.69, 9.17) is 0 Å². The largest absolute Gasteiger partial charge is 0.478 e. The van der Waals surface area contributed by atoms with Crippen LogP contribution in [-0.4, -0.2) is 21.0 Å². The van der Waals surface area contributed by atoms with Crippen molar-refractivity contribution < 1.29 is 9.90 Å². The van der Waals surface area contributed by atoms with E-state index >= 15 is 0 Å². The molecule has 92 valence electrons. The Morgan fingerprint density at radius 2 is 2.22 bits per heavy atom. The van der Waals surface area contributed by atoms with Crippen LogP contribution in [0.3, 0.4) is 0 Å². The summed E-state index contributed by atoms with van der Waals surface area (Å²) in [5.74, 6) is -0.335. The molecule has 0 fully saturated rings. The molecule has 4 heteroatoms. The Morgan fingerprint density at radius 3 is 2.78 bits per heavy atom. The van der Waals surface area contributed by atoms with E-state index in [1.807, 2.05) is 26.0 Å². The standard InChI is InChI=1S/C14H14N2O2/c1-4-9(5-2)13-15-11-7-8(3)6-10(14(17)18)12(11)16-13/h4-7H,1H2,2-3H3,(H,15,16)(H,17,18). The molecule has 2 rings (SSSR count). The fourth-order valence-electron chi connectivity index (χ4n) is 1.91. The Kier molecular flexibility index (Phi) is 3.02. The lowest BCUT2D eigenvalue weighted by molar-refractivity contribution is 0.0698. The van der Waals surface area contributed by atoms with Crippen molar-refractivity contribution in [3.8, 4) is 0 Å². The maximum absolute atomic E-state index is 11.2. The zero-order valence-electron chi connectivity index (χ0n) is 10.3. The number of carbonyl (C=O) groups is 1. The van der Waals surface area contributed by atoms with Crippen molar-refractivity contribution in [3.05, 3.63) is 47.8 Å². The van der Waals surface area contributed by atoms with Crippen LogP contribution in [-0.2, 0) is 0 Å². The molecule has 1 aromatic heterocycles. The molecule has 1 aromatic carbocycles. The van der Waals surface area contributed by atoms with Crippen LogP contribution in [0.1, 0.15) is 28.7 Å². The molecular weight excluding hydrogens is 228 g/mol. The van der Waals surface area contributed by atoms with E-state index < -0.39 is 5.97 Å². The van der Waals surface area contributed by atoms with E-state index in [9.17, 15) is 9.90 Å². The van der Waals surface area contributed by atoms with Gasteiger partial charge in [0.2, 0.25) is 0 Å².